The first kappa shape index (κ1) is 18.6. The number of benzene rings is 1. The molecule has 4 heterocycles. The van der Waals surface area contributed by atoms with Crippen LogP contribution in [-0.4, -0.2) is 53.6 Å². The number of fused-ring (bicyclic) bond motifs is 1. The molecule has 9 nitrogen and oxygen atoms in total. The maximum atomic E-state index is 9.67. The molecule has 9 heteroatoms. The third-order valence-corrected chi connectivity index (χ3v) is 5.47. The highest BCUT2D eigenvalue weighted by Crippen LogP contribution is 2.26. The van der Waals surface area contributed by atoms with Crippen LogP contribution in [0.15, 0.2) is 55.1 Å². The van der Waals surface area contributed by atoms with E-state index in [1.165, 1.54) is 0 Å². The quantitative estimate of drug-likeness (QED) is 0.451. The monoisotopic (exact) mass is 405 g/mol. The van der Waals surface area contributed by atoms with Gasteiger partial charge in [-0.3, -0.25) is 0 Å². The van der Waals surface area contributed by atoms with Gasteiger partial charge in [0.1, 0.15) is 17.7 Å². The van der Waals surface area contributed by atoms with Gasteiger partial charge in [-0.15, -0.1) is 5.10 Å². The van der Waals surface area contributed by atoms with Crippen molar-refractivity contribution in [3.8, 4) is 5.69 Å². The zero-order chi connectivity index (χ0) is 20.5. The van der Waals surface area contributed by atoms with Crippen LogP contribution >= 0.6 is 0 Å². The normalized spacial score (nSPS) is 16.5. The average Bonchev–Trinajstić information content (AvgIpc) is 3.53. The van der Waals surface area contributed by atoms with Crippen LogP contribution in [-0.2, 0) is 6.61 Å². The summed E-state index contributed by atoms with van der Waals surface area (Å²) in [6, 6.07) is 11.6. The largest absolute Gasteiger partial charge is 0.394 e. The Hall–Kier alpha value is -3.43. The summed E-state index contributed by atoms with van der Waals surface area (Å²) in [5.74, 6) is 1.92. The molecule has 3 aromatic heterocycles. The smallest absolute Gasteiger partial charge is 0.245 e. The SMILES string of the molecule is OCc1ccc(-n2cnc(Nc3nc(N4CCC[C@H]4CO)nn4cccc34)c2)cc1. The van der Waals surface area contributed by atoms with E-state index in [4.69, 9.17) is 4.98 Å². The van der Waals surface area contributed by atoms with E-state index >= 15 is 0 Å². The van der Waals surface area contributed by atoms with Crippen molar-refractivity contribution in [1.29, 1.82) is 0 Å². The Kier molecular flexibility index (Phi) is 4.82. The highest BCUT2D eigenvalue weighted by Gasteiger charge is 2.27. The lowest BCUT2D eigenvalue weighted by atomic mass is 10.2. The van der Waals surface area contributed by atoms with Gasteiger partial charge in [0.25, 0.3) is 0 Å². The van der Waals surface area contributed by atoms with Gasteiger partial charge >= 0.3 is 0 Å². The van der Waals surface area contributed by atoms with Gasteiger partial charge in [-0.25, -0.2) is 9.50 Å². The molecule has 1 saturated heterocycles. The molecule has 1 aromatic carbocycles. The van der Waals surface area contributed by atoms with E-state index in [9.17, 15) is 10.2 Å². The van der Waals surface area contributed by atoms with E-state index in [0.29, 0.717) is 17.6 Å². The molecule has 0 aliphatic carbocycles. The van der Waals surface area contributed by atoms with Crippen LogP contribution in [0.25, 0.3) is 11.2 Å². The Bertz CT molecular complexity index is 1150. The maximum absolute atomic E-state index is 9.67. The number of nitrogens with one attached hydrogen (secondary N) is 1. The zero-order valence-electron chi connectivity index (χ0n) is 16.4. The van der Waals surface area contributed by atoms with Gasteiger partial charge in [-0.1, -0.05) is 12.1 Å². The molecular formula is C21H23N7O2. The summed E-state index contributed by atoms with van der Waals surface area (Å²) in [4.78, 5) is 11.3. The summed E-state index contributed by atoms with van der Waals surface area (Å²) < 4.78 is 3.70. The number of aromatic nitrogens is 5. The molecule has 4 aromatic rings. The molecule has 0 radical (unpaired) electrons. The Morgan fingerprint density at radius 3 is 2.80 bits per heavy atom. The van der Waals surface area contributed by atoms with Crippen molar-refractivity contribution in [1.82, 2.24) is 24.1 Å². The van der Waals surface area contributed by atoms with Crippen LogP contribution in [0.5, 0.6) is 0 Å². The molecule has 1 atom stereocenters. The molecule has 5 rings (SSSR count). The summed E-state index contributed by atoms with van der Waals surface area (Å²) >= 11 is 0. The molecule has 0 bridgehead atoms. The van der Waals surface area contributed by atoms with Crippen molar-refractivity contribution in [2.24, 2.45) is 0 Å². The van der Waals surface area contributed by atoms with E-state index in [2.05, 4.69) is 20.3 Å². The number of rotatable bonds is 6. The Labute approximate surface area is 173 Å². The molecule has 30 heavy (non-hydrogen) atoms. The second-order valence-corrected chi connectivity index (χ2v) is 7.39. The predicted molar refractivity (Wildman–Crippen MR) is 113 cm³/mol. The first-order valence-corrected chi connectivity index (χ1v) is 9.99. The number of hydrogen-bond donors (Lipinski definition) is 3. The predicted octanol–water partition coefficient (Wildman–Crippen LogP) is 2.11. The number of anilines is 3. The van der Waals surface area contributed by atoms with E-state index in [1.807, 2.05) is 53.4 Å². The van der Waals surface area contributed by atoms with Crippen LogP contribution in [0.4, 0.5) is 17.6 Å². The van der Waals surface area contributed by atoms with Gasteiger partial charge < -0.3 is 25.0 Å². The molecule has 154 valence electrons. The highest BCUT2D eigenvalue weighted by molar-refractivity contribution is 5.73. The molecule has 0 saturated carbocycles. The maximum Gasteiger partial charge on any atom is 0.245 e. The minimum absolute atomic E-state index is 0.0223. The number of aliphatic hydroxyl groups is 2. The molecule has 0 spiro atoms. The fourth-order valence-corrected chi connectivity index (χ4v) is 3.85. The lowest BCUT2D eigenvalue weighted by Crippen LogP contribution is -2.34. The Balaban J connectivity index is 1.45. The van der Waals surface area contributed by atoms with Crippen LogP contribution in [0, 0.1) is 0 Å². The molecular weight excluding hydrogens is 382 g/mol. The number of hydrogen-bond acceptors (Lipinski definition) is 7. The number of imidazole rings is 1. The minimum Gasteiger partial charge on any atom is -0.394 e. The molecule has 1 aliphatic rings. The standard InChI is InChI=1S/C21H23N7O2/c29-12-15-5-7-16(8-6-15)26-11-19(22-14-26)23-20-18-4-2-10-28(18)25-21(24-20)27-9-1-3-17(27)13-30/h2,4-8,10-11,14,17,29-30H,1,3,9,12-13H2,(H,23,24,25)/t17-/m0/s1. The Morgan fingerprint density at radius 2 is 2.00 bits per heavy atom. The summed E-state index contributed by atoms with van der Waals surface area (Å²) in [5.41, 5.74) is 2.66. The van der Waals surface area contributed by atoms with Crippen LogP contribution in [0.1, 0.15) is 18.4 Å². The molecule has 0 amide bonds. The van der Waals surface area contributed by atoms with E-state index in [-0.39, 0.29) is 19.3 Å². The third kappa shape index (κ3) is 3.38. The van der Waals surface area contributed by atoms with E-state index in [0.717, 1.165) is 36.2 Å². The number of nitrogens with zero attached hydrogens (tertiary/aromatic N) is 6. The van der Waals surface area contributed by atoms with Gasteiger partial charge in [-0.05, 0) is 42.7 Å². The molecule has 0 unspecified atom stereocenters. The fraction of sp³-hybridized carbons (Fsp3) is 0.286. The van der Waals surface area contributed by atoms with Crippen LogP contribution in [0.3, 0.4) is 0 Å². The van der Waals surface area contributed by atoms with Crippen molar-refractivity contribution in [2.45, 2.75) is 25.5 Å². The van der Waals surface area contributed by atoms with Crippen molar-refractivity contribution in [2.75, 3.05) is 23.4 Å². The minimum atomic E-state index is 0.0223. The Morgan fingerprint density at radius 1 is 1.13 bits per heavy atom. The van der Waals surface area contributed by atoms with Crippen molar-refractivity contribution in [3.05, 3.63) is 60.7 Å². The fourth-order valence-electron chi connectivity index (χ4n) is 3.85. The van der Waals surface area contributed by atoms with E-state index in [1.54, 1.807) is 10.8 Å². The second-order valence-electron chi connectivity index (χ2n) is 7.39. The topological polar surface area (TPSA) is 104 Å². The number of aliphatic hydroxyl groups excluding tert-OH is 2. The highest BCUT2D eigenvalue weighted by atomic mass is 16.3. The summed E-state index contributed by atoms with van der Waals surface area (Å²) in [6.07, 6.45) is 7.46. The van der Waals surface area contributed by atoms with Gasteiger partial charge in [0, 0.05) is 18.4 Å². The summed E-state index contributed by atoms with van der Waals surface area (Å²) in [7, 11) is 0. The molecule has 1 aliphatic heterocycles. The van der Waals surface area contributed by atoms with Crippen LogP contribution in [0.2, 0.25) is 0 Å². The van der Waals surface area contributed by atoms with Gasteiger partial charge in [0.15, 0.2) is 5.82 Å². The summed E-state index contributed by atoms with van der Waals surface area (Å²) in [6.45, 7) is 0.944. The molecule has 1 fully saturated rings. The van der Waals surface area contributed by atoms with Crippen molar-refractivity contribution < 1.29 is 10.2 Å². The van der Waals surface area contributed by atoms with Gasteiger partial charge in [-0.2, -0.15) is 4.98 Å². The second kappa shape index (κ2) is 7.77. The summed E-state index contributed by atoms with van der Waals surface area (Å²) in [5, 5.41) is 26.8. The lowest BCUT2D eigenvalue weighted by molar-refractivity contribution is 0.265. The van der Waals surface area contributed by atoms with Crippen molar-refractivity contribution >= 4 is 23.1 Å². The van der Waals surface area contributed by atoms with E-state index < -0.39 is 0 Å². The average molecular weight is 405 g/mol. The van der Waals surface area contributed by atoms with Crippen LogP contribution < -0.4 is 10.2 Å². The van der Waals surface area contributed by atoms with Gasteiger partial charge in [0.05, 0.1) is 25.5 Å². The third-order valence-electron chi connectivity index (χ3n) is 5.47. The first-order valence-electron chi connectivity index (χ1n) is 9.99. The van der Waals surface area contributed by atoms with Gasteiger partial charge in [0.2, 0.25) is 5.95 Å². The lowest BCUT2D eigenvalue weighted by Gasteiger charge is -2.23. The molecule has 3 N–H and O–H groups in total. The zero-order valence-corrected chi connectivity index (χ0v) is 16.4. The van der Waals surface area contributed by atoms with Crippen molar-refractivity contribution in [3.63, 3.8) is 0 Å². The first-order chi connectivity index (χ1) is 14.7.